The molecule has 0 bridgehead atoms. The monoisotopic (exact) mass is 447 g/mol. The van der Waals surface area contributed by atoms with Crippen molar-refractivity contribution in [3.63, 3.8) is 0 Å². The molecule has 3 rings (SSSR count). The Labute approximate surface area is 129 Å². The van der Waals surface area contributed by atoms with E-state index in [0.29, 0.717) is 0 Å². The predicted molar refractivity (Wildman–Crippen MR) is 79.4 cm³/mol. The van der Waals surface area contributed by atoms with E-state index in [1.165, 1.54) is 16.7 Å². The number of carbonyl (C=O) groups is 1. The van der Waals surface area contributed by atoms with Crippen LogP contribution in [0.1, 0.15) is 6.42 Å². The highest BCUT2D eigenvalue weighted by Crippen LogP contribution is 2.52. The average Bonchev–Trinajstić information content (AvgIpc) is 2.76. The van der Waals surface area contributed by atoms with Crippen LogP contribution in [0.25, 0.3) is 0 Å². The molecule has 0 aromatic heterocycles. The first-order chi connectivity index (χ1) is 8.40. The number of fused-ring (bicyclic) bond motifs is 1. The van der Waals surface area contributed by atoms with Crippen LogP contribution >= 0.6 is 50.3 Å². The molecule has 1 amide bonds. The van der Waals surface area contributed by atoms with Gasteiger partial charge in [0.25, 0.3) is 11.2 Å². The highest BCUT2D eigenvalue weighted by molar-refractivity contribution is 14.1. The second-order valence-electron chi connectivity index (χ2n) is 4.62. The van der Waals surface area contributed by atoms with Gasteiger partial charge in [-0.25, -0.2) is 8.78 Å². The lowest BCUT2D eigenvalue weighted by molar-refractivity contribution is 0.0940. The molecule has 0 aromatic carbocycles. The number of nitrogens with zero attached hydrogens (tertiary/aromatic N) is 1. The normalized spacial score (nSPS) is 37.2. The van der Waals surface area contributed by atoms with Gasteiger partial charge in [-0.1, -0.05) is 27.7 Å². The molecule has 1 saturated carbocycles. The van der Waals surface area contributed by atoms with E-state index in [4.69, 9.17) is 0 Å². The van der Waals surface area contributed by atoms with Gasteiger partial charge in [-0.2, -0.15) is 0 Å². The molecule has 2 unspecified atom stereocenters. The predicted octanol–water partition coefficient (Wildman–Crippen LogP) is 4.16. The Bertz CT molecular complexity index is 482. The van der Waals surface area contributed by atoms with Gasteiger partial charge in [-0.15, -0.1) is 0 Å². The minimum atomic E-state index is -2.57. The maximum absolute atomic E-state index is 13.0. The van der Waals surface area contributed by atoms with E-state index < -0.39 is 11.8 Å². The van der Waals surface area contributed by atoms with Gasteiger partial charge in [0, 0.05) is 28.2 Å². The lowest BCUT2D eigenvalue weighted by atomic mass is 10.1. The van der Waals surface area contributed by atoms with Gasteiger partial charge in [0.2, 0.25) is 0 Å². The number of hydrogen-bond acceptors (Lipinski definition) is 2. The lowest BCUT2D eigenvalue weighted by Gasteiger charge is -2.24. The van der Waals surface area contributed by atoms with E-state index in [1.807, 2.05) is 12.2 Å². The second kappa shape index (κ2) is 4.44. The molecule has 3 aliphatic rings. The third-order valence-electron chi connectivity index (χ3n) is 3.35. The summed E-state index contributed by atoms with van der Waals surface area (Å²) in [6.07, 6.45) is 3.72. The van der Waals surface area contributed by atoms with Crippen molar-refractivity contribution in [2.24, 2.45) is 5.92 Å². The zero-order valence-corrected chi connectivity index (χ0v) is 13.6. The summed E-state index contributed by atoms with van der Waals surface area (Å²) in [4.78, 5) is 13.5. The summed E-state index contributed by atoms with van der Waals surface area (Å²) < 4.78 is 27.0. The molecule has 3 atom stereocenters. The zero-order valence-electron chi connectivity index (χ0n) is 9.08. The molecule has 2 nitrogen and oxygen atoms in total. The summed E-state index contributed by atoms with van der Waals surface area (Å²) in [6.45, 7) is 0.144. The van der Waals surface area contributed by atoms with Crippen LogP contribution in [0.2, 0.25) is 0 Å². The molecular formula is C11H9BrF2INOS. The fourth-order valence-corrected chi connectivity index (χ4v) is 4.80. The smallest absolute Gasteiger partial charge is 0.286 e. The molecule has 1 saturated heterocycles. The summed E-state index contributed by atoms with van der Waals surface area (Å²) in [5, 5.41) is -0.0975. The van der Waals surface area contributed by atoms with Crippen LogP contribution in [0.3, 0.4) is 0 Å². The maximum Gasteiger partial charge on any atom is 0.286 e. The van der Waals surface area contributed by atoms with Gasteiger partial charge >= 0.3 is 0 Å². The molecule has 2 aliphatic carbocycles. The van der Waals surface area contributed by atoms with Gasteiger partial charge in [0.15, 0.2) is 0 Å². The van der Waals surface area contributed by atoms with Crippen LogP contribution in [-0.2, 0) is 0 Å². The number of carbonyl (C=O) groups excluding carboxylic acids is 1. The second-order valence-corrected chi connectivity index (χ2v) is 7.95. The van der Waals surface area contributed by atoms with Crippen molar-refractivity contribution >= 4 is 55.5 Å². The number of rotatable bonds is 2. The molecule has 18 heavy (non-hydrogen) atoms. The molecule has 7 heteroatoms. The first-order valence-electron chi connectivity index (χ1n) is 5.47. The zero-order chi connectivity index (χ0) is 13.1. The minimum Gasteiger partial charge on any atom is -0.305 e. The Kier molecular flexibility index (Phi) is 3.30. The van der Waals surface area contributed by atoms with Gasteiger partial charge in [-0.05, 0) is 34.7 Å². The van der Waals surface area contributed by atoms with Crippen molar-refractivity contribution in [2.75, 3.05) is 6.54 Å². The number of alkyl halides is 3. The quantitative estimate of drug-likeness (QED) is 0.468. The van der Waals surface area contributed by atoms with Crippen LogP contribution < -0.4 is 0 Å². The SMILES string of the molecule is O=C1SC2C(=CC=C(I)[C@H]2Br)N1CC1CC1(F)F. The third-order valence-corrected chi connectivity index (χ3v) is 7.80. The summed E-state index contributed by atoms with van der Waals surface area (Å²) in [6, 6.07) is 0. The summed E-state index contributed by atoms with van der Waals surface area (Å²) in [5.41, 5.74) is 0.856. The van der Waals surface area contributed by atoms with E-state index in [0.717, 1.165) is 9.28 Å². The number of hydrogen-bond donors (Lipinski definition) is 0. The van der Waals surface area contributed by atoms with E-state index in [-0.39, 0.29) is 28.3 Å². The van der Waals surface area contributed by atoms with E-state index in [2.05, 4.69) is 38.5 Å². The summed E-state index contributed by atoms with van der Waals surface area (Å²) in [5.74, 6) is -3.24. The fraction of sp³-hybridized carbons (Fsp3) is 0.545. The van der Waals surface area contributed by atoms with Gasteiger partial charge in [0.05, 0.1) is 10.1 Å². The van der Waals surface area contributed by atoms with Crippen molar-refractivity contribution in [3.05, 3.63) is 21.4 Å². The van der Waals surface area contributed by atoms with Crippen molar-refractivity contribution in [1.29, 1.82) is 0 Å². The van der Waals surface area contributed by atoms with Crippen molar-refractivity contribution in [2.45, 2.75) is 22.4 Å². The number of amides is 1. The molecule has 0 radical (unpaired) electrons. The largest absolute Gasteiger partial charge is 0.305 e. The molecule has 0 spiro atoms. The van der Waals surface area contributed by atoms with E-state index in [9.17, 15) is 13.6 Å². The van der Waals surface area contributed by atoms with Crippen LogP contribution in [0.5, 0.6) is 0 Å². The Balaban J connectivity index is 1.81. The molecule has 98 valence electrons. The topological polar surface area (TPSA) is 20.3 Å². The molecule has 1 aliphatic heterocycles. The molecule has 0 aromatic rings. The van der Waals surface area contributed by atoms with Gasteiger partial charge in [0.1, 0.15) is 0 Å². The fourth-order valence-electron chi connectivity index (χ4n) is 2.16. The van der Waals surface area contributed by atoms with E-state index in [1.54, 1.807) is 0 Å². The Hall–Kier alpha value is 0.370. The standard InChI is InChI=1S/C11H9BrF2INOS/c12-8-6(15)1-2-7-9(8)18-10(17)16(7)4-5-3-11(5,13)14/h1-2,5,8-9H,3-4H2/t5?,8-,9?/m1/s1. The van der Waals surface area contributed by atoms with Crippen LogP contribution in [0.15, 0.2) is 21.4 Å². The molecule has 0 N–H and O–H groups in total. The minimum absolute atomic E-state index is 0.0155. The lowest BCUT2D eigenvalue weighted by Crippen LogP contribution is -2.30. The molecular weight excluding hydrogens is 439 g/mol. The first-order valence-corrected chi connectivity index (χ1v) is 8.35. The molecule has 1 heterocycles. The third kappa shape index (κ3) is 2.15. The Morgan fingerprint density at radius 3 is 2.83 bits per heavy atom. The number of thioether (sulfide) groups is 1. The Morgan fingerprint density at radius 2 is 2.22 bits per heavy atom. The molecule has 2 fully saturated rings. The van der Waals surface area contributed by atoms with E-state index >= 15 is 0 Å². The van der Waals surface area contributed by atoms with Crippen LogP contribution in [0.4, 0.5) is 13.6 Å². The van der Waals surface area contributed by atoms with Crippen molar-refractivity contribution in [1.82, 2.24) is 4.90 Å². The number of allylic oxidation sites excluding steroid dienone is 3. The number of halogens is 4. The van der Waals surface area contributed by atoms with Crippen LogP contribution in [0, 0.1) is 5.92 Å². The highest BCUT2D eigenvalue weighted by Gasteiger charge is 2.58. The highest BCUT2D eigenvalue weighted by atomic mass is 127. The average molecular weight is 448 g/mol. The van der Waals surface area contributed by atoms with Gasteiger partial charge < -0.3 is 4.90 Å². The van der Waals surface area contributed by atoms with Crippen molar-refractivity contribution < 1.29 is 13.6 Å². The summed E-state index contributed by atoms with van der Waals surface area (Å²) in [7, 11) is 0. The first kappa shape index (κ1) is 13.4. The maximum atomic E-state index is 13.0. The summed E-state index contributed by atoms with van der Waals surface area (Å²) >= 11 is 7.00. The van der Waals surface area contributed by atoms with Gasteiger partial charge in [-0.3, -0.25) is 4.79 Å². The Morgan fingerprint density at radius 1 is 1.56 bits per heavy atom. The van der Waals surface area contributed by atoms with Crippen LogP contribution in [-0.4, -0.2) is 32.7 Å². The van der Waals surface area contributed by atoms with Crippen molar-refractivity contribution in [3.8, 4) is 0 Å².